The van der Waals surface area contributed by atoms with E-state index in [-0.39, 0.29) is 24.0 Å². The number of ether oxygens (including phenoxy) is 1. The van der Waals surface area contributed by atoms with Crippen molar-refractivity contribution in [3.05, 3.63) is 70.9 Å². The second kappa shape index (κ2) is 12.3. The van der Waals surface area contributed by atoms with E-state index in [4.69, 9.17) is 10.5 Å². The topological polar surface area (TPSA) is 113 Å². The maximum atomic E-state index is 9.55. The summed E-state index contributed by atoms with van der Waals surface area (Å²) >= 11 is 0. The smallest absolute Gasteiger partial charge is 0.190 e. The Kier molecular flexibility index (Phi) is 9.16. The molecule has 4 rings (SSSR count). The van der Waals surface area contributed by atoms with Crippen LogP contribution in [-0.2, 0) is 19.3 Å². The van der Waals surface area contributed by atoms with Crippen molar-refractivity contribution in [1.29, 1.82) is 5.26 Å². The number of hydrogen-bond acceptors (Lipinski definition) is 5. The van der Waals surface area contributed by atoms with Crippen molar-refractivity contribution in [3.8, 4) is 17.5 Å². The summed E-state index contributed by atoms with van der Waals surface area (Å²) in [6, 6.07) is 18.2. The Labute approximate surface area is 217 Å². The fraction of sp³-hybridized carbons (Fsp3) is 0.320. The van der Waals surface area contributed by atoms with Crippen LogP contribution >= 0.6 is 24.0 Å². The third-order valence-electron chi connectivity index (χ3n) is 5.67. The van der Waals surface area contributed by atoms with Crippen LogP contribution in [0.15, 0.2) is 53.5 Å². The first-order valence-electron chi connectivity index (χ1n) is 11.2. The van der Waals surface area contributed by atoms with Gasteiger partial charge in [0.2, 0.25) is 0 Å². The molecule has 0 bridgehead atoms. The molecule has 0 amide bonds. The zero-order valence-electron chi connectivity index (χ0n) is 19.3. The Hall–Kier alpha value is -3.26. The van der Waals surface area contributed by atoms with Crippen molar-refractivity contribution in [1.82, 2.24) is 20.4 Å². The van der Waals surface area contributed by atoms with Gasteiger partial charge in [0, 0.05) is 26.6 Å². The van der Waals surface area contributed by atoms with Gasteiger partial charge in [0.25, 0.3) is 0 Å². The van der Waals surface area contributed by atoms with E-state index >= 15 is 0 Å². The Morgan fingerprint density at radius 2 is 1.97 bits per heavy atom. The van der Waals surface area contributed by atoms with E-state index in [1.807, 2.05) is 30.3 Å². The average molecular weight is 571 g/mol. The third-order valence-corrected chi connectivity index (χ3v) is 5.67. The molecule has 34 heavy (non-hydrogen) atoms. The zero-order chi connectivity index (χ0) is 23.0. The van der Waals surface area contributed by atoms with E-state index in [1.165, 1.54) is 11.1 Å². The lowest BCUT2D eigenvalue weighted by Crippen LogP contribution is -2.38. The number of fused-ring (bicyclic) bond motifs is 1. The second-order valence-electron chi connectivity index (χ2n) is 7.89. The van der Waals surface area contributed by atoms with Crippen molar-refractivity contribution in [3.63, 3.8) is 0 Å². The molecule has 2 aromatic carbocycles. The normalized spacial score (nSPS) is 12.3. The van der Waals surface area contributed by atoms with Crippen LogP contribution in [0.25, 0.3) is 5.69 Å². The van der Waals surface area contributed by atoms with Crippen LogP contribution < -0.4 is 21.1 Å². The number of guanidine groups is 1. The molecule has 1 aliphatic heterocycles. The van der Waals surface area contributed by atoms with Crippen molar-refractivity contribution in [2.75, 3.05) is 32.5 Å². The first-order valence-corrected chi connectivity index (χ1v) is 11.2. The minimum absolute atomic E-state index is 0. The minimum atomic E-state index is 0. The quantitative estimate of drug-likeness (QED) is 0.166. The standard InChI is InChI=1S/C25H29N7O.HI/c1-28-25(30-14-11-18-9-10-23-19(16-18)12-15-33-23)29-13-5-8-22-21(17-26)24(27)32(31-22)20-6-3-2-4-7-20;/h2-4,6-7,9-10,16H,5,8,11-15,27H2,1H3,(H2,28,29,30);1H. The predicted molar refractivity (Wildman–Crippen MR) is 145 cm³/mol. The van der Waals surface area contributed by atoms with Gasteiger partial charge in [0.1, 0.15) is 23.2 Å². The van der Waals surface area contributed by atoms with E-state index in [0.29, 0.717) is 30.0 Å². The lowest BCUT2D eigenvalue weighted by molar-refractivity contribution is 0.357. The van der Waals surface area contributed by atoms with Gasteiger partial charge in [0.05, 0.1) is 18.0 Å². The van der Waals surface area contributed by atoms with Crippen molar-refractivity contribution < 1.29 is 4.74 Å². The van der Waals surface area contributed by atoms with Crippen LogP contribution in [0.5, 0.6) is 5.75 Å². The zero-order valence-corrected chi connectivity index (χ0v) is 21.6. The van der Waals surface area contributed by atoms with Crippen molar-refractivity contribution in [2.45, 2.75) is 25.7 Å². The van der Waals surface area contributed by atoms with E-state index < -0.39 is 0 Å². The van der Waals surface area contributed by atoms with Crippen molar-refractivity contribution in [2.24, 2.45) is 4.99 Å². The van der Waals surface area contributed by atoms with Crippen LogP contribution in [0.2, 0.25) is 0 Å². The van der Waals surface area contributed by atoms with Gasteiger partial charge in [-0.2, -0.15) is 10.4 Å². The van der Waals surface area contributed by atoms with Crippen molar-refractivity contribution >= 4 is 35.8 Å². The molecule has 4 N–H and O–H groups in total. The molecule has 0 unspecified atom stereocenters. The number of rotatable bonds is 8. The highest BCUT2D eigenvalue weighted by Crippen LogP contribution is 2.26. The highest BCUT2D eigenvalue weighted by atomic mass is 127. The highest BCUT2D eigenvalue weighted by molar-refractivity contribution is 14.0. The summed E-state index contributed by atoms with van der Waals surface area (Å²) in [7, 11) is 1.76. The summed E-state index contributed by atoms with van der Waals surface area (Å²) in [5.74, 6) is 2.15. The first-order chi connectivity index (χ1) is 16.2. The van der Waals surface area contributed by atoms with Gasteiger partial charge in [-0.1, -0.05) is 30.3 Å². The number of halogens is 1. The van der Waals surface area contributed by atoms with Gasteiger partial charge >= 0.3 is 0 Å². The van der Waals surface area contributed by atoms with E-state index in [0.717, 1.165) is 49.8 Å². The van der Waals surface area contributed by atoms with Gasteiger partial charge in [-0.3, -0.25) is 4.99 Å². The van der Waals surface area contributed by atoms with Crippen LogP contribution in [0.3, 0.4) is 0 Å². The minimum Gasteiger partial charge on any atom is -0.493 e. The molecular formula is C25H30IN7O. The number of aliphatic imine (C=N–C) groups is 1. The molecule has 1 aromatic heterocycles. The van der Waals surface area contributed by atoms with Gasteiger partial charge in [-0.15, -0.1) is 24.0 Å². The molecule has 0 radical (unpaired) electrons. The molecule has 0 aliphatic carbocycles. The summed E-state index contributed by atoms with van der Waals surface area (Å²) < 4.78 is 7.20. The molecule has 0 atom stereocenters. The number of aromatic nitrogens is 2. The van der Waals surface area contributed by atoms with Gasteiger partial charge < -0.3 is 21.1 Å². The summed E-state index contributed by atoms with van der Waals surface area (Å²) in [6.45, 7) is 2.28. The van der Waals surface area contributed by atoms with Crippen LogP contribution in [-0.4, -0.2) is 42.5 Å². The van der Waals surface area contributed by atoms with E-state index in [2.05, 4.69) is 45.0 Å². The maximum Gasteiger partial charge on any atom is 0.190 e. The number of aryl methyl sites for hydroxylation is 1. The molecule has 3 aromatic rings. The van der Waals surface area contributed by atoms with Gasteiger partial charge in [-0.25, -0.2) is 4.68 Å². The summed E-state index contributed by atoms with van der Waals surface area (Å²) in [5, 5.41) is 20.8. The average Bonchev–Trinajstić information content (AvgIpc) is 3.44. The van der Waals surface area contributed by atoms with E-state index in [1.54, 1.807) is 11.7 Å². The number of nitrogens with two attached hydrogens (primary N) is 1. The first kappa shape index (κ1) is 25.4. The molecule has 178 valence electrons. The molecule has 1 aliphatic rings. The van der Waals surface area contributed by atoms with Crippen LogP contribution in [0.1, 0.15) is 28.8 Å². The number of nitrogens with one attached hydrogen (secondary N) is 2. The van der Waals surface area contributed by atoms with E-state index in [9.17, 15) is 5.26 Å². The number of para-hydroxylation sites is 1. The molecule has 2 heterocycles. The van der Waals surface area contributed by atoms with Crippen LogP contribution in [0, 0.1) is 11.3 Å². The fourth-order valence-corrected chi connectivity index (χ4v) is 3.95. The molecule has 0 saturated carbocycles. The Morgan fingerprint density at radius 1 is 1.18 bits per heavy atom. The molecule has 9 heteroatoms. The predicted octanol–water partition coefficient (Wildman–Crippen LogP) is 3.22. The number of hydrogen-bond donors (Lipinski definition) is 3. The molecule has 0 fully saturated rings. The SMILES string of the molecule is CN=C(NCCCc1nn(-c2ccccc2)c(N)c1C#N)NCCc1ccc2c(c1)CCO2.I. The monoisotopic (exact) mass is 571 g/mol. The molecular weight excluding hydrogens is 541 g/mol. The van der Waals surface area contributed by atoms with Gasteiger partial charge in [0.15, 0.2) is 5.96 Å². The summed E-state index contributed by atoms with van der Waals surface area (Å²) in [6.07, 6.45) is 3.35. The largest absolute Gasteiger partial charge is 0.493 e. The fourth-order valence-electron chi connectivity index (χ4n) is 3.95. The third kappa shape index (κ3) is 5.99. The number of nitriles is 1. The number of nitrogen functional groups attached to an aromatic ring is 1. The number of nitrogens with zero attached hydrogens (tertiary/aromatic N) is 4. The van der Waals surface area contributed by atoms with Gasteiger partial charge in [-0.05, 0) is 48.6 Å². The molecule has 8 nitrogen and oxygen atoms in total. The van der Waals surface area contributed by atoms with Crippen LogP contribution in [0.4, 0.5) is 5.82 Å². The summed E-state index contributed by atoms with van der Waals surface area (Å²) in [5.41, 5.74) is 10.8. The Morgan fingerprint density at radius 3 is 2.74 bits per heavy atom. The highest BCUT2D eigenvalue weighted by Gasteiger charge is 2.16. The summed E-state index contributed by atoms with van der Waals surface area (Å²) in [4.78, 5) is 4.30. The number of benzene rings is 2. The number of anilines is 1. The maximum absolute atomic E-state index is 9.55. The Balaban J connectivity index is 0.00000324. The lowest BCUT2D eigenvalue weighted by Gasteiger charge is -2.12. The lowest BCUT2D eigenvalue weighted by atomic mass is 10.1. The second-order valence-corrected chi connectivity index (χ2v) is 7.89. The Bertz CT molecular complexity index is 1170. The molecule has 0 spiro atoms. The molecule has 0 saturated heterocycles.